The van der Waals surface area contributed by atoms with Crippen molar-refractivity contribution in [3.63, 3.8) is 0 Å². The molecule has 0 spiro atoms. The number of halogens is 1. The molecule has 0 unspecified atom stereocenters. The molecule has 0 fully saturated rings. The van der Waals surface area contributed by atoms with E-state index in [1.807, 2.05) is 6.07 Å². The van der Waals surface area contributed by atoms with Crippen molar-refractivity contribution in [2.24, 2.45) is 33.5 Å². The van der Waals surface area contributed by atoms with Crippen LogP contribution in [0.25, 0.3) is 0 Å². The molecule has 328 valence electrons. The van der Waals surface area contributed by atoms with E-state index in [1.54, 1.807) is 28.3 Å². The largest absolute Gasteiger partial charge is 0.378 e. The highest BCUT2D eigenvalue weighted by Crippen LogP contribution is 2.51. The molecule has 0 aromatic heterocycles. The van der Waals surface area contributed by atoms with Crippen LogP contribution in [0.4, 0.5) is 4.39 Å². The maximum atomic E-state index is 13.9. The Morgan fingerprint density at radius 3 is 1.52 bits per heavy atom. The summed E-state index contributed by atoms with van der Waals surface area (Å²) in [6.07, 6.45) is 7.43. The summed E-state index contributed by atoms with van der Waals surface area (Å²) in [6, 6.07) is 30.3. The van der Waals surface area contributed by atoms with Gasteiger partial charge in [-0.2, -0.15) is 0 Å². The van der Waals surface area contributed by atoms with Gasteiger partial charge in [0.15, 0.2) is 0 Å². The summed E-state index contributed by atoms with van der Waals surface area (Å²) in [5.41, 5.74) is 14.0. The van der Waals surface area contributed by atoms with E-state index in [0.717, 1.165) is 55.1 Å². The number of benzene rings is 4. The Bertz CT molecular complexity index is 2010. The highest BCUT2D eigenvalue weighted by Gasteiger charge is 2.41. The van der Waals surface area contributed by atoms with Gasteiger partial charge in [0.25, 0.3) is 0 Å². The second kappa shape index (κ2) is 19.0. The molecular weight excluding hydrogens is 732 g/mol. The van der Waals surface area contributed by atoms with E-state index in [-0.39, 0.29) is 16.6 Å². The average Bonchev–Trinajstić information content (AvgIpc) is 3.94. The van der Waals surface area contributed by atoms with E-state index >= 15 is 0 Å². The first-order valence-electron chi connectivity index (χ1n) is 23.6. The number of hydrogen-bond acceptors (Lipinski definition) is 1. The Labute approximate surface area is 367 Å². The van der Waals surface area contributed by atoms with Crippen molar-refractivity contribution in [2.45, 2.75) is 179 Å². The van der Waals surface area contributed by atoms with E-state index < -0.39 is 0 Å². The third kappa shape index (κ3) is 10.9. The molecule has 0 bridgehead atoms. The van der Waals surface area contributed by atoms with Gasteiger partial charge in [0.05, 0.1) is 6.10 Å². The molecule has 4 aromatic rings. The SMILES string of the molecule is CCO[C@H]1Cc2ccccc2[C@H]1C(C)(C)C.CC[C@H]1Cc2ccccc2[C@H]1C(C)(C)C.C[C@H]1Cc2ccccc2[C@H]1C(C)(C)C.Cc1ccc(F)c2c1CC[C@@H]2C(C)(C)C. The molecule has 0 heterocycles. The summed E-state index contributed by atoms with van der Waals surface area (Å²) in [7, 11) is 0. The summed E-state index contributed by atoms with van der Waals surface area (Å²) in [6.45, 7) is 37.4. The van der Waals surface area contributed by atoms with Gasteiger partial charge in [-0.15, -0.1) is 0 Å². The van der Waals surface area contributed by atoms with Gasteiger partial charge in [0.2, 0.25) is 0 Å². The van der Waals surface area contributed by atoms with Crippen molar-refractivity contribution in [3.8, 4) is 0 Å². The van der Waals surface area contributed by atoms with Crippen molar-refractivity contribution in [1.29, 1.82) is 0 Å². The van der Waals surface area contributed by atoms with Crippen LogP contribution in [0.2, 0.25) is 0 Å². The first kappa shape index (κ1) is 47.8. The van der Waals surface area contributed by atoms with Crippen LogP contribution in [-0.2, 0) is 30.4 Å². The van der Waals surface area contributed by atoms with Gasteiger partial charge in [-0.25, -0.2) is 4.39 Å². The van der Waals surface area contributed by atoms with Crippen LogP contribution in [0.15, 0.2) is 84.9 Å². The number of ether oxygens (including phenoxy) is 1. The summed E-state index contributed by atoms with van der Waals surface area (Å²) in [5, 5.41) is 0. The fourth-order valence-electron chi connectivity index (χ4n) is 12.1. The van der Waals surface area contributed by atoms with Gasteiger partial charge in [-0.05, 0) is 153 Å². The molecule has 4 aliphatic carbocycles. The minimum atomic E-state index is -0.00646. The predicted molar refractivity (Wildman–Crippen MR) is 257 cm³/mol. The summed E-state index contributed by atoms with van der Waals surface area (Å²) < 4.78 is 19.8. The van der Waals surface area contributed by atoms with E-state index in [2.05, 4.69) is 184 Å². The lowest BCUT2D eigenvalue weighted by Gasteiger charge is -2.32. The van der Waals surface area contributed by atoms with E-state index in [9.17, 15) is 4.39 Å². The molecule has 60 heavy (non-hydrogen) atoms. The van der Waals surface area contributed by atoms with Crippen LogP contribution >= 0.6 is 0 Å². The van der Waals surface area contributed by atoms with Crippen LogP contribution in [-0.4, -0.2) is 12.7 Å². The highest BCUT2D eigenvalue weighted by atomic mass is 19.1. The van der Waals surface area contributed by atoms with Crippen molar-refractivity contribution in [1.82, 2.24) is 0 Å². The number of hydrogen-bond donors (Lipinski definition) is 0. The molecule has 7 atom stereocenters. The zero-order chi connectivity index (χ0) is 44.4. The lowest BCUT2D eigenvalue weighted by atomic mass is 9.72. The molecule has 0 saturated carbocycles. The highest BCUT2D eigenvalue weighted by molar-refractivity contribution is 5.43. The van der Waals surface area contributed by atoms with Crippen LogP contribution in [0.1, 0.15) is 190 Å². The average molecular weight is 815 g/mol. The molecule has 8 rings (SSSR count). The molecule has 4 aliphatic rings. The van der Waals surface area contributed by atoms with Gasteiger partial charge < -0.3 is 4.74 Å². The zero-order valence-corrected chi connectivity index (χ0v) is 40.9. The summed E-state index contributed by atoms with van der Waals surface area (Å²) >= 11 is 0. The van der Waals surface area contributed by atoms with Crippen LogP contribution in [0, 0.1) is 46.2 Å². The van der Waals surface area contributed by atoms with Gasteiger partial charge in [0.1, 0.15) is 5.82 Å². The Hall–Kier alpha value is -3.23. The summed E-state index contributed by atoms with van der Waals surface area (Å²) in [4.78, 5) is 0. The van der Waals surface area contributed by atoms with Gasteiger partial charge in [0, 0.05) is 12.5 Å². The van der Waals surface area contributed by atoms with Crippen LogP contribution < -0.4 is 0 Å². The predicted octanol–water partition coefficient (Wildman–Crippen LogP) is 16.4. The van der Waals surface area contributed by atoms with E-state index in [1.165, 1.54) is 41.5 Å². The fraction of sp³-hybridized carbons (Fsp3) is 0.586. The maximum absolute atomic E-state index is 13.9. The molecule has 0 saturated heterocycles. The number of rotatable bonds is 3. The quantitative estimate of drug-likeness (QED) is 0.200. The minimum Gasteiger partial charge on any atom is -0.378 e. The Kier molecular flexibility index (Phi) is 15.2. The molecule has 0 N–H and O–H groups in total. The number of fused-ring (bicyclic) bond motifs is 4. The zero-order valence-electron chi connectivity index (χ0n) is 40.9. The third-order valence-electron chi connectivity index (χ3n) is 14.3. The maximum Gasteiger partial charge on any atom is 0.126 e. The minimum absolute atomic E-state index is 0.00646. The fourth-order valence-corrected chi connectivity index (χ4v) is 12.1. The Balaban J connectivity index is 0.000000152. The van der Waals surface area contributed by atoms with Crippen molar-refractivity contribution in [2.75, 3.05) is 6.61 Å². The first-order chi connectivity index (χ1) is 28.0. The molecule has 0 amide bonds. The first-order valence-corrected chi connectivity index (χ1v) is 23.6. The Morgan fingerprint density at radius 1 is 0.567 bits per heavy atom. The molecule has 0 radical (unpaired) electrons. The molecule has 0 aliphatic heterocycles. The van der Waals surface area contributed by atoms with Crippen LogP contribution in [0.3, 0.4) is 0 Å². The Morgan fingerprint density at radius 2 is 1.03 bits per heavy atom. The van der Waals surface area contributed by atoms with Crippen molar-refractivity contribution >= 4 is 0 Å². The van der Waals surface area contributed by atoms with Gasteiger partial charge in [-0.3, -0.25) is 0 Å². The molecule has 1 nitrogen and oxygen atoms in total. The van der Waals surface area contributed by atoms with Crippen molar-refractivity contribution < 1.29 is 9.13 Å². The summed E-state index contributed by atoms with van der Waals surface area (Å²) in [5.74, 6) is 4.04. The standard InChI is InChI=1S/C15H22O.C15H22.C14H19F.C14H20/c1-5-16-13-10-11-8-6-7-9-12(11)14(13)15(2,3)4;1-5-11-10-12-8-6-7-9-13(12)14(11)15(2,3)4;1-9-5-8-12(15)13-10(9)6-7-11(13)14(2,3)4;1-10-9-11-7-5-6-8-12(11)13(10)14(2,3)4/h6-9,13-14H,5,10H2,1-4H3;6-9,11,14H,5,10H2,1-4H3;5,8,11H,6-7H2,1-4H3;5-8,10,13H,9H2,1-4H3/t13-,14+;11-,14-;11-;10-,13-/m0000/s1. The third-order valence-corrected chi connectivity index (χ3v) is 14.3. The lowest BCUT2D eigenvalue weighted by Crippen LogP contribution is -2.29. The molecule has 2 heteroatoms. The molecular formula is C58H83FO. The smallest absolute Gasteiger partial charge is 0.126 e. The van der Waals surface area contributed by atoms with Crippen LogP contribution in [0.5, 0.6) is 0 Å². The number of aryl methyl sites for hydroxylation is 1. The van der Waals surface area contributed by atoms with Gasteiger partial charge >= 0.3 is 0 Å². The topological polar surface area (TPSA) is 9.23 Å². The monoisotopic (exact) mass is 815 g/mol. The molecule has 4 aromatic carbocycles. The normalized spacial score (nSPS) is 24.1. The second-order valence-corrected chi connectivity index (χ2v) is 23.1. The second-order valence-electron chi connectivity index (χ2n) is 23.1. The van der Waals surface area contributed by atoms with E-state index in [0.29, 0.717) is 28.8 Å². The van der Waals surface area contributed by atoms with E-state index in [4.69, 9.17) is 4.74 Å². The lowest BCUT2D eigenvalue weighted by molar-refractivity contribution is 0.0235. The van der Waals surface area contributed by atoms with Crippen molar-refractivity contribution in [3.05, 3.63) is 141 Å². The van der Waals surface area contributed by atoms with Gasteiger partial charge in [-0.1, -0.05) is 182 Å².